The fourth-order valence-electron chi connectivity index (χ4n) is 1.83. The molecule has 0 aliphatic carbocycles. The molecule has 0 saturated carbocycles. The van der Waals surface area contributed by atoms with Crippen molar-refractivity contribution >= 4 is 59.4 Å². The minimum Gasteiger partial charge on any atom is -0.378 e. The minimum atomic E-state index is -0.0354. The van der Waals surface area contributed by atoms with Gasteiger partial charge in [0, 0.05) is 32.4 Å². The molecule has 1 unspecified atom stereocenters. The fourth-order valence-corrected chi connectivity index (χ4v) is 4.28. The molecule has 0 bridgehead atoms. The zero-order valence-corrected chi connectivity index (χ0v) is 14.8. The van der Waals surface area contributed by atoms with E-state index in [0.29, 0.717) is 19.6 Å². The second kappa shape index (κ2) is 7.17. The Labute approximate surface area is 137 Å². The Kier molecular flexibility index (Phi) is 5.83. The lowest BCUT2D eigenvalue weighted by Crippen LogP contribution is -2.43. The van der Waals surface area contributed by atoms with Crippen molar-refractivity contribution in [1.82, 2.24) is 5.32 Å². The molecule has 2 rings (SSSR count). The van der Waals surface area contributed by atoms with E-state index in [1.807, 2.05) is 12.1 Å². The molecule has 1 aliphatic rings. The molecule has 1 amide bonds. The summed E-state index contributed by atoms with van der Waals surface area (Å²) in [6.07, 6.45) is 0.398. The average Bonchev–Trinajstić information content (AvgIpc) is 2.35. The number of amides is 1. The van der Waals surface area contributed by atoms with E-state index in [0.717, 1.165) is 25.7 Å². The van der Waals surface area contributed by atoms with Gasteiger partial charge in [0.05, 0.1) is 18.9 Å². The van der Waals surface area contributed by atoms with Crippen molar-refractivity contribution in [1.29, 1.82) is 0 Å². The molecule has 1 fully saturated rings. The van der Waals surface area contributed by atoms with Gasteiger partial charge in [0.15, 0.2) is 0 Å². The summed E-state index contributed by atoms with van der Waals surface area (Å²) in [5.74, 6) is -0.0354. The monoisotopic (exact) mass is 454 g/mol. The number of hydrogen-bond donors (Lipinski definition) is 2. The second-order valence-electron chi connectivity index (χ2n) is 4.22. The third-order valence-corrected chi connectivity index (χ3v) is 4.41. The van der Waals surface area contributed by atoms with Crippen LogP contribution in [-0.4, -0.2) is 31.7 Å². The smallest absolute Gasteiger partial charge is 0.226 e. The van der Waals surface area contributed by atoms with Crippen molar-refractivity contribution in [3.8, 4) is 0 Å². The van der Waals surface area contributed by atoms with Crippen LogP contribution in [0.15, 0.2) is 25.6 Å². The van der Waals surface area contributed by atoms with Gasteiger partial charge >= 0.3 is 0 Å². The Morgan fingerprint density at radius 1 is 1.37 bits per heavy atom. The Balaban J connectivity index is 1.98. The number of hydrogen-bond acceptors (Lipinski definition) is 3. The maximum absolute atomic E-state index is 12.0. The van der Waals surface area contributed by atoms with Gasteiger partial charge in [0.2, 0.25) is 5.91 Å². The van der Waals surface area contributed by atoms with Crippen LogP contribution in [0.3, 0.4) is 0 Å². The Bertz CT molecular complexity index is 453. The number of morpholine rings is 1. The molecule has 0 spiro atoms. The number of rotatable bonds is 3. The molecule has 1 aliphatic heterocycles. The highest BCUT2D eigenvalue weighted by atomic mass is 79.9. The van der Waals surface area contributed by atoms with Crippen LogP contribution in [0.25, 0.3) is 0 Å². The number of ether oxygens (including phenoxy) is 1. The van der Waals surface area contributed by atoms with Crippen LogP contribution in [0, 0.1) is 0 Å². The summed E-state index contributed by atoms with van der Waals surface area (Å²) in [6, 6.07) is 3.87. The van der Waals surface area contributed by atoms with Gasteiger partial charge in [-0.2, -0.15) is 0 Å². The predicted octanol–water partition coefficient (Wildman–Crippen LogP) is 3.29. The van der Waals surface area contributed by atoms with E-state index in [2.05, 4.69) is 58.4 Å². The van der Waals surface area contributed by atoms with Crippen LogP contribution in [-0.2, 0) is 9.53 Å². The quantitative estimate of drug-likeness (QED) is 0.733. The highest BCUT2D eigenvalue weighted by molar-refractivity contribution is 9.11. The normalized spacial score (nSPS) is 19.2. The molecular formula is C12H13Br3N2O2. The first-order valence-corrected chi connectivity index (χ1v) is 8.19. The summed E-state index contributed by atoms with van der Waals surface area (Å²) in [5, 5.41) is 6.16. The van der Waals surface area contributed by atoms with Gasteiger partial charge in [0.25, 0.3) is 0 Å². The van der Waals surface area contributed by atoms with Gasteiger partial charge in [-0.05, 0) is 44.0 Å². The molecule has 19 heavy (non-hydrogen) atoms. The zero-order chi connectivity index (χ0) is 13.8. The van der Waals surface area contributed by atoms with Gasteiger partial charge < -0.3 is 15.4 Å². The molecule has 1 heterocycles. The molecule has 0 radical (unpaired) electrons. The highest BCUT2D eigenvalue weighted by Crippen LogP contribution is 2.34. The highest BCUT2D eigenvalue weighted by Gasteiger charge is 2.18. The van der Waals surface area contributed by atoms with Gasteiger partial charge in [-0.25, -0.2) is 0 Å². The van der Waals surface area contributed by atoms with E-state index in [1.165, 1.54) is 0 Å². The first kappa shape index (κ1) is 15.4. The Morgan fingerprint density at radius 2 is 2.05 bits per heavy atom. The minimum absolute atomic E-state index is 0.0354. The summed E-state index contributed by atoms with van der Waals surface area (Å²) in [4.78, 5) is 12.0. The van der Waals surface area contributed by atoms with Crippen LogP contribution >= 0.6 is 47.8 Å². The molecule has 1 atom stereocenters. The molecule has 4 nitrogen and oxygen atoms in total. The number of anilines is 1. The lowest BCUT2D eigenvalue weighted by Gasteiger charge is -2.23. The number of carbonyl (C=O) groups excluding carboxylic acids is 1. The van der Waals surface area contributed by atoms with Crippen molar-refractivity contribution < 1.29 is 9.53 Å². The summed E-state index contributed by atoms with van der Waals surface area (Å²) < 4.78 is 7.92. The van der Waals surface area contributed by atoms with Crippen LogP contribution < -0.4 is 10.6 Å². The van der Waals surface area contributed by atoms with Gasteiger partial charge in [-0.15, -0.1) is 0 Å². The molecule has 1 aromatic carbocycles. The van der Waals surface area contributed by atoms with Crippen LogP contribution in [0.5, 0.6) is 0 Å². The van der Waals surface area contributed by atoms with Crippen molar-refractivity contribution in [3.63, 3.8) is 0 Å². The van der Waals surface area contributed by atoms with Crippen LogP contribution in [0.1, 0.15) is 6.42 Å². The summed E-state index contributed by atoms with van der Waals surface area (Å²) in [7, 11) is 0. The first-order chi connectivity index (χ1) is 9.06. The second-order valence-corrected chi connectivity index (χ2v) is 6.85. The van der Waals surface area contributed by atoms with E-state index in [-0.39, 0.29) is 11.9 Å². The van der Waals surface area contributed by atoms with E-state index in [1.54, 1.807) is 0 Å². The maximum Gasteiger partial charge on any atom is 0.226 e. The molecule has 104 valence electrons. The average molecular weight is 457 g/mol. The first-order valence-electron chi connectivity index (χ1n) is 5.82. The van der Waals surface area contributed by atoms with Gasteiger partial charge in [0.1, 0.15) is 0 Å². The predicted molar refractivity (Wildman–Crippen MR) is 85.4 cm³/mol. The summed E-state index contributed by atoms with van der Waals surface area (Å²) >= 11 is 10.3. The zero-order valence-electron chi connectivity index (χ0n) is 10.0. The number of nitrogens with one attached hydrogen (secondary N) is 2. The van der Waals surface area contributed by atoms with Gasteiger partial charge in [-0.3, -0.25) is 4.79 Å². The van der Waals surface area contributed by atoms with Crippen molar-refractivity contribution in [2.24, 2.45) is 0 Å². The largest absolute Gasteiger partial charge is 0.378 e. The maximum atomic E-state index is 12.0. The Hall–Kier alpha value is 0.0500. The molecule has 0 aromatic heterocycles. The van der Waals surface area contributed by atoms with Crippen molar-refractivity contribution in [3.05, 3.63) is 25.6 Å². The SMILES string of the molecule is O=C(CC1COCCN1)Nc1c(Br)cc(Br)cc1Br. The van der Waals surface area contributed by atoms with E-state index >= 15 is 0 Å². The third kappa shape index (κ3) is 4.53. The molecular weight excluding hydrogens is 444 g/mol. The summed E-state index contributed by atoms with van der Waals surface area (Å²) in [6.45, 7) is 2.08. The van der Waals surface area contributed by atoms with Crippen molar-refractivity contribution in [2.45, 2.75) is 12.5 Å². The molecule has 7 heteroatoms. The van der Waals surface area contributed by atoms with Crippen LogP contribution in [0.4, 0.5) is 5.69 Å². The van der Waals surface area contributed by atoms with E-state index in [9.17, 15) is 4.79 Å². The van der Waals surface area contributed by atoms with E-state index < -0.39 is 0 Å². The number of benzene rings is 1. The van der Waals surface area contributed by atoms with E-state index in [4.69, 9.17) is 4.74 Å². The lowest BCUT2D eigenvalue weighted by atomic mass is 10.2. The third-order valence-electron chi connectivity index (χ3n) is 2.70. The van der Waals surface area contributed by atoms with Crippen LogP contribution in [0.2, 0.25) is 0 Å². The standard InChI is InChI=1S/C12H13Br3N2O2/c13-7-3-9(14)12(10(15)4-7)17-11(18)5-8-6-19-2-1-16-8/h3-4,8,16H,1-2,5-6H2,(H,17,18). The number of carbonyl (C=O) groups is 1. The molecule has 1 aromatic rings. The van der Waals surface area contributed by atoms with Gasteiger partial charge in [-0.1, -0.05) is 15.9 Å². The van der Waals surface area contributed by atoms with Crippen molar-refractivity contribution in [2.75, 3.05) is 25.1 Å². The lowest BCUT2D eigenvalue weighted by molar-refractivity contribution is -0.117. The molecule has 1 saturated heterocycles. The Morgan fingerprint density at radius 3 is 2.63 bits per heavy atom. The molecule has 2 N–H and O–H groups in total. The summed E-state index contributed by atoms with van der Waals surface area (Å²) in [5.41, 5.74) is 0.741. The fraction of sp³-hybridized carbons (Fsp3) is 0.417. The topological polar surface area (TPSA) is 50.4 Å². The number of halogens is 3.